The van der Waals surface area contributed by atoms with Gasteiger partial charge in [-0.1, -0.05) is 0 Å². The van der Waals surface area contributed by atoms with Gasteiger partial charge in [-0.25, -0.2) is 18.7 Å². The third-order valence-corrected chi connectivity index (χ3v) is 4.39. The van der Waals surface area contributed by atoms with Crippen LogP contribution in [0.1, 0.15) is 23.0 Å². The molecular weight excluding hydrogens is 356 g/mol. The van der Waals surface area contributed by atoms with Gasteiger partial charge in [0.1, 0.15) is 40.8 Å². The van der Waals surface area contributed by atoms with E-state index in [1.54, 1.807) is 6.07 Å². The highest BCUT2D eigenvalue weighted by Gasteiger charge is 2.42. The Morgan fingerprint density at radius 2 is 1.85 bits per heavy atom. The fourth-order valence-corrected chi connectivity index (χ4v) is 3.13. The topological polar surface area (TPSA) is 88.9 Å². The van der Waals surface area contributed by atoms with E-state index in [2.05, 4.69) is 20.6 Å². The van der Waals surface area contributed by atoms with Crippen molar-refractivity contribution in [2.45, 2.75) is 12.6 Å². The zero-order chi connectivity index (χ0) is 19.2. The van der Waals surface area contributed by atoms with E-state index in [4.69, 9.17) is 0 Å². The van der Waals surface area contributed by atoms with Crippen molar-refractivity contribution >= 4 is 17.4 Å². The van der Waals surface area contributed by atoms with E-state index in [0.29, 0.717) is 5.82 Å². The second-order valence-corrected chi connectivity index (χ2v) is 6.18. The third kappa shape index (κ3) is 2.73. The molecule has 4 rings (SSSR count). The van der Waals surface area contributed by atoms with E-state index >= 15 is 0 Å². The average Bonchev–Trinajstić information content (AvgIpc) is 2.90. The first-order chi connectivity index (χ1) is 12.9. The average molecular weight is 369 g/mol. The quantitative estimate of drug-likeness (QED) is 0.738. The molecule has 136 valence electrons. The van der Waals surface area contributed by atoms with Crippen molar-refractivity contribution in [1.82, 2.24) is 19.9 Å². The molecule has 1 atom stereocenters. The molecule has 0 fully saturated rings. The molecule has 0 unspecified atom stereocenters. The van der Waals surface area contributed by atoms with E-state index in [1.165, 1.54) is 36.1 Å². The predicted molar refractivity (Wildman–Crippen MR) is 92.6 cm³/mol. The Labute approximate surface area is 151 Å². The van der Waals surface area contributed by atoms with E-state index in [1.807, 2.05) is 0 Å². The van der Waals surface area contributed by atoms with E-state index in [0.717, 1.165) is 18.2 Å². The van der Waals surface area contributed by atoms with Crippen LogP contribution in [-0.2, 0) is 5.66 Å². The van der Waals surface area contributed by atoms with Crippen molar-refractivity contribution in [3.8, 4) is 0 Å². The first-order valence-corrected chi connectivity index (χ1v) is 7.97. The summed E-state index contributed by atoms with van der Waals surface area (Å²) < 4.78 is 28.6. The molecule has 1 amide bonds. The second kappa shape index (κ2) is 5.97. The number of fused-ring (bicyclic) bond motifs is 1. The lowest BCUT2D eigenvalue weighted by Crippen LogP contribution is -2.46. The van der Waals surface area contributed by atoms with Gasteiger partial charge >= 0.3 is 0 Å². The van der Waals surface area contributed by atoms with Crippen LogP contribution in [0.4, 0.5) is 20.3 Å². The van der Waals surface area contributed by atoms with Gasteiger partial charge in [-0.3, -0.25) is 14.2 Å². The number of carbonyl (C=O) groups excluding carboxylic acids is 1. The van der Waals surface area contributed by atoms with E-state index in [-0.39, 0.29) is 16.9 Å². The van der Waals surface area contributed by atoms with Gasteiger partial charge in [-0.2, -0.15) is 0 Å². The molecule has 2 aromatic heterocycles. The highest BCUT2D eigenvalue weighted by molar-refractivity contribution is 5.96. The SMILES string of the molecule is C[C@@]1(c2cc(F)cc(F)c2)NC(=O)c2ccc(Nc3ccncn3)c(=O)n21. The summed E-state index contributed by atoms with van der Waals surface area (Å²) in [7, 11) is 0. The Bertz CT molecular complexity index is 1100. The number of hydrogen-bond acceptors (Lipinski definition) is 5. The lowest BCUT2D eigenvalue weighted by atomic mass is 10.0. The van der Waals surface area contributed by atoms with Gasteiger partial charge in [-0.15, -0.1) is 0 Å². The number of aromatic nitrogens is 3. The molecular formula is C18H13F2N5O2. The van der Waals surface area contributed by atoms with Gasteiger partial charge in [0, 0.05) is 17.8 Å². The lowest BCUT2D eigenvalue weighted by Gasteiger charge is -2.28. The van der Waals surface area contributed by atoms with Gasteiger partial charge < -0.3 is 10.6 Å². The molecule has 0 saturated heterocycles. The largest absolute Gasteiger partial charge is 0.336 e. The number of anilines is 2. The minimum atomic E-state index is -1.45. The lowest BCUT2D eigenvalue weighted by molar-refractivity contribution is 0.0941. The summed E-state index contributed by atoms with van der Waals surface area (Å²) in [6.07, 6.45) is 2.82. The van der Waals surface area contributed by atoms with Crippen molar-refractivity contribution in [2.24, 2.45) is 0 Å². The molecule has 0 bridgehead atoms. The Morgan fingerprint density at radius 1 is 1.11 bits per heavy atom. The van der Waals surface area contributed by atoms with Crippen LogP contribution in [0.15, 0.2) is 53.7 Å². The maximum atomic E-state index is 13.7. The number of pyridine rings is 1. The molecule has 1 aliphatic rings. The minimum absolute atomic E-state index is 0.0837. The number of halogens is 2. The fourth-order valence-electron chi connectivity index (χ4n) is 3.13. The van der Waals surface area contributed by atoms with Crippen molar-refractivity contribution in [2.75, 3.05) is 5.32 Å². The number of benzene rings is 1. The van der Waals surface area contributed by atoms with Crippen molar-refractivity contribution in [3.63, 3.8) is 0 Å². The third-order valence-electron chi connectivity index (χ3n) is 4.39. The van der Waals surface area contributed by atoms with Crippen molar-refractivity contribution in [1.29, 1.82) is 0 Å². The summed E-state index contributed by atoms with van der Waals surface area (Å²) in [6.45, 7) is 1.51. The Morgan fingerprint density at radius 3 is 2.52 bits per heavy atom. The molecule has 3 heterocycles. The summed E-state index contributed by atoms with van der Waals surface area (Å²) in [6, 6.07) is 7.36. The number of amides is 1. The molecule has 0 saturated carbocycles. The van der Waals surface area contributed by atoms with Crippen LogP contribution in [0.2, 0.25) is 0 Å². The smallest absolute Gasteiger partial charge is 0.277 e. The highest BCUT2D eigenvalue weighted by atomic mass is 19.1. The standard InChI is InChI=1S/C18H13F2N5O2/c1-18(10-6-11(19)8-12(20)7-10)24-16(26)14-3-2-13(17(27)25(14)18)23-15-4-5-21-9-22-15/h2-9H,1H3,(H,24,26)(H,21,22,23)/t18-/m1/s1. The van der Waals surface area contributed by atoms with E-state index in [9.17, 15) is 18.4 Å². The number of carbonyl (C=O) groups is 1. The summed E-state index contributed by atoms with van der Waals surface area (Å²) in [5.41, 5.74) is -1.65. The van der Waals surface area contributed by atoms with Gasteiger partial charge in [0.05, 0.1) is 0 Å². The first-order valence-electron chi connectivity index (χ1n) is 7.97. The molecule has 27 heavy (non-hydrogen) atoms. The van der Waals surface area contributed by atoms with Crippen LogP contribution in [0.3, 0.4) is 0 Å². The van der Waals surface area contributed by atoms with Crippen LogP contribution >= 0.6 is 0 Å². The Kier molecular flexibility index (Phi) is 3.72. The highest BCUT2D eigenvalue weighted by Crippen LogP contribution is 2.30. The normalized spacial score (nSPS) is 18.1. The second-order valence-electron chi connectivity index (χ2n) is 6.18. The van der Waals surface area contributed by atoms with Gasteiger partial charge in [0.15, 0.2) is 0 Å². The number of nitrogens with zero attached hydrogens (tertiary/aromatic N) is 3. The monoisotopic (exact) mass is 369 g/mol. The molecule has 7 nitrogen and oxygen atoms in total. The maximum absolute atomic E-state index is 13.7. The summed E-state index contributed by atoms with van der Waals surface area (Å²) >= 11 is 0. The van der Waals surface area contributed by atoms with Gasteiger partial charge in [0.2, 0.25) is 0 Å². The molecule has 3 aromatic rings. The Balaban J connectivity index is 1.88. The molecule has 0 aliphatic carbocycles. The predicted octanol–water partition coefficient (Wildman–Crippen LogP) is 2.12. The fraction of sp³-hybridized carbons (Fsp3) is 0.111. The molecule has 0 spiro atoms. The van der Waals surface area contributed by atoms with Gasteiger partial charge in [-0.05, 0) is 37.3 Å². The first kappa shape index (κ1) is 16.8. The van der Waals surface area contributed by atoms with Gasteiger partial charge in [0.25, 0.3) is 11.5 Å². The van der Waals surface area contributed by atoms with Crippen molar-refractivity contribution < 1.29 is 13.6 Å². The molecule has 1 aromatic carbocycles. The molecule has 9 heteroatoms. The number of nitrogens with one attached hydrogen (secondary N) is 2. The number of rotatable bonds is 3. The van der Waals surface area contributed by atoms with Crippen LogP contribution < -0.4 is 16.2 Å². The molecule has 0 radical (unpaired) electrons. The summed E-state index contributed by atoms with van der Waals surface area (Å²) in [5, 5.41) is 5.49. The maximum Gasteiger partial charge on any atom is 0.277 e. The van der Waals surface area contributed by atoms with Crippen LogP contribution in [-0.4, -0.2) is 20.4 Å². The zero-order valence-electron chi connectivity index (χ0n) is 14.0. The van der Waals surface area contributed by atoms with Crippen LogP contribution in [0.5, 0.6) is 0 Å². The molecule has 1 aliphatic heterocycles. The zero-order valence-corrected chi connectivity index (χ0v) is 14.0. The van der Waals surface area contributed by atoms with Crippen LogP contribution in [0.25, 0.3) is 0 Å². The number of hydrogen-bond donors (Lipinski definition) is 2. The Hall–Kier alpha value is -3.62. The molecule has 2 N–H and O–H groups in total. The minimum Gasteiger partial charge on any atom is -0.336 e. The summed E-state index contributed by atoms with van der Waals surface area (Å²) in [4.78, 5) is 33.2. The van der Waals surface area contributed by atoms with Crippen LogP contribution in [0, 0.1) is 11.6 Å². The van der Waals surface area contributed by atoms with E-state index < -0.39 is 28.8 Å². The van der Waals surface area contributed by atoms with Crippen molar-refractivity contribution in [3.05, 3.63) is 82.2 Å². The summed E-state index contributed by atoms with van der Waals surface area (Å²) in [5.74, 6) is -1.75.